The zero-order chi connectivity index (χ0) is 17.2. The molecular weight excluding hydrogens is 360 g/mol. The van der Waals surface area contributed by atoms with E-state index in [-0.39, 0.29) is 21.3 Å². The minimum Gasteiger partial charge on any atom is -0.300 e. The van der Waals surface area contributed by atoms with E-state index in [1.54, 1.807) is 39.0 Å². The van der Waals surface area contributed by atoms with Crippen LogP contribution in [0.1, 0.15) is 19.4 Å². The Labute approximate surface area is 143 Å². The first-order valence-corrected chi connectivity index (χ1v) is 9.30. The van der Waals surface area contributed by atoms with E-state index in [2.05, 4.69) is 20.2 Å². The van der Waals surface area contributed by atoms with Gasteiger partial charge in [-0.05, 0) is 30.7 Å². The average Bonchev–Trinajstić information content (AvgIpc) is 2.91. The molecule has 0 bridgehead atoms. The van der Waals surface area contributed by atoms with E-state index in [0.717, 1.165) is 11.3 Å². The van der Waals surface area contributed by atoms with Gasteiger partial charge in [0.15, 0.2) is 0 Å². The summed E-state index contributed by atoms with van der Waals surface area (Å²) in [7, 11) is -3.88. The molecule has 0 aliphatic carbocycles. The number of hydrogen-bond acceptors (Lipinski definition) is 6. The zero-order valence-corrected chi connectivity index (χ0v) is 15.0. The summed E-state index contributed by atoms with van der Waals surface area (Å²) in [6.45, 7) is 5.18. The van der Waals surface area contributed by atoms with Crippen LogP contribution in [0.25, 0.3) is 0 Å². The molecule has 0 saturated heterocycles. The number of nitrogens with one attached hydrogen (secondary N) is 2. The van der Waals surface area contributed by atoms with Gasteiger partial charge in [0, 0.05) is 10.9 Å². The lowest BCUT2D eigenvalue weighted by Crippen LogP contribution is -2.17. The van der Waals surface area contributed by atoms with Crippen LogP contribution in [0.15, 0.2) is 22.5 Å². The molecule has 0 aliphatic rings. The quantitative estimate of drug-likeness (QED) is 0.783. The number of rotatable bonds is 5. The van der Waals surface area contributed by atoms with Crippen molar-refractivity contribution in [2.45, 2.75) is 25.1 Å². The maximum atomic E-state index is 12.3. The Hall–Kier alpha value is -1.71. The standard InChI is InChI=1S/C13H15ClN4O3S2/c1-7(2)11(19)15-12-16-17-13(22-12)23(20,21)18-10-5-4-9(14)6-8(10)3/h4-7,18H,1-3H3,(H,15,16,19). The third kappa shape index (κ3) is 4.40. The van der Waals surface area contributed by atoms with Gasteiger partial charge < -0.3 is 5.32 Å². The number of nitrogens with zero attached hydrogens (tertiary/aromatic N) is 2. The van der Waals surface area contributed by atoms with Gasteiger partial charge in [-0.1, -0.05) is 36.8 Å². The monoisotopic (exact) mass is 374 g/mol. The number of sulfonamides is 1. The minimum absolute atomic E-state index is 0.136. The fourth-order valence-electron chi connectivity index (χ4n) is 1.55. The number of benzene rings is 1. The molecule has 0 spiro atoms. The number of anilines is 2. The summed E-state index contributed by atoms with van der Waals surface area (Å²) in [6, 6.07) is 4.80. The Morgan fingerprint density at radius 3 is 2.61 bits per heavy atom. The molecule has 1 amide bonds. The van der Waals surface area contributed by atoms with Gasteiger partial charge in [0.2, 0.25) is 11.0 Å². The van der Waals surface area contributed by atoms with Crippen molar-refractivity contribution in [2.75, 3.05) is 10.0 Å². The number of halogens is 1. The highest BCUT2D eigenvalue weighted by atomic mass is 35.5. The minimum atomic E-state index is -3.88. The Morgan fingerprint density at radius 1 is 1.30 bits per heavy atom. The van der Waals surface area contributed by atoms with E-state index in [1.165, 1.54) is 0 Å². The zero-order valence-electron chi connectivity index (χ0n) is 12.6. The van der Waals surface area contributed by atoms with Crippen molar-refractivity contribution >= 4 is 49.7 Å². The molecule has 2 N–H and O–H groups in total. The van der Waals surface area contributed by atoms with Crippen LogP contribution in [-0.2, 0) is 14.8 Å². The molecule has 0 atom stereocenters. The van der Waals surface area contributed by atoms with Gasteiger partial charge in [0.25, 0.3) is 14.4 Å². The number of carbonyl (C=O) groups is 1. The van der Waals surface area contributed by atoms with Crippen molar-refractivity contribution in [3.8, 4) is 0 Å². The highest BCUT2D eigenvalue weighted by Gasteiger charge is 2.22. The van der Waals surface area contributed by atoms with Gasteiger partial charge in [0.05, 0.1) is 5.69 Å². The number of carbonyl (C=O) groups excluding carboxylic acids is 1. The largest absolute Gasteiger partial charge is 0.300 e. The molecule has 23 heavy (non-hydrogen) atoms. The van der Waals surface area contributed by atoms with Crippen LogP contribution in [0, 0.1) is 12.8 Å². The number of amides is 1. The second-order valence-electron chi connectivity index (χ2n) is 5.08. The van der Waals surface area contributed by atoms with Crippen molar-refractivity contribution in [3.63, 3.8) is 0 Å². The molecule has 1 heterocycles. The van der Waals surface area contributed by atoms with Crippen LogP contribution in [0.2, 0.25) is 5.02 Å². The predicted octanol–water partition coefficient (Wildman–Crippen LogP) is 2.90. The Morgan fingerprint density at radius 2 is 2.00 bits per heavy atom. The Bertz CT molecular complexity index is 833. The molecule has 124 valence electrons. The molecular formula is C13H15ClN4O3S2. The topological polar surface area (TPSA) is 101 Å². The van der Waals surface area contributed by atoms with Gasteiger partial charge in [-0.3, -0.25) is 9.52 Å². The molecule has 0 radical (unpaired) electrons. The lowest BCUT2D eigenvalue weighted by atomic mass is 10.2. The molecule has 2 aromatic rings. The van der Waals surface area contributed by atoms with E-state index in [1.807, 2.05) is 0 Å². The molecule has 0 saturated carbocycles. The van der Waals surface area contributed by atoms with Gasteiger partial charge in [-0.25, -0.2) is 0 Å². The second kappa shape index (κ2) is 6.81. The molecule has 0 unspecified atom stereocenters. The third-order valence-corrected chi connectivity index (χ3v) is 5.63. The molecule has 1 aromatic carbocycles. The first-order chi connectivity index (χ1) is 10.7. The predicted molar refractivity (Wildman–Crippen MR) is 90.4 cm³/mol. The smallest absolute Gasteiger partial charge is 0.291 e. The summed E-state index contributed by atoms with van der Waals surface area (Å²) in [5.74, 6) is -0.500. The van der Waals surface area contributed by atoms with E-state index in [0.29, 0.717) is 16.3 Å². The lowest BCUT2D eigenvalue weighted by molar-refractivity contribution is -0.118. The van der Waals surface area contributed by atoms with Crippen LogP contribution >= 0.6 is 22.9 Å². The fraction of sp³-hybridized carbons (Fsp3) is 0.308. The van der Waals surface area contributed by atoms with E-state index < -0.39 is 10.0 Å². The van der Waals surface area contributed by atoms with Gasteiger partial charge in [-0.15, -0.1) is 10.2 Å². The van der Waals surface area contributed by atoms with Crippen molar-refractivity contribution in [2.24, 2.45) is 5.92 Å². The number of hydrogen-bond donors (Lipinski definition) is 2. The van der Waals surface area contributed by atoms with Crippen molar-refractivity contribution in [1.29, 1.82) is 0 Å². The highest BCUT2D eigenvalue weighted by Crippen LogP contribution is 2.25. The molecule has 0 fully saturated rings. The summed E-state index contributed by atoms with van der Waals surface area (Å²) in [6.07, 6.45) is 0. The normalized spacial score (nSPS) is 11.5. The van der Waals surface area contributed by atoms with Crippen molar-refractivity contribution in [3.05, 3.63) is 28.8 Å². The lowest BCUT2D eigenvalue weighted by Gasteiger charge is -2.08. The summed E-state index contributed by atoms with van der Waals surface area (Å²) in [5.41, 5.74) is 1.08. The molecule has 7 nitrogen and oxygen atoms in total. The van der Waals surface area contributed by atoms with Gasteiger partial charge >= 0.3 is 0 Å². The van der Waals surface area contributed by atoms with Gasteiger partial charge in [0.1, 0.15) is 0 Å². The first-order valence-electron chi connectivity index (χ1n) is 6.62. The van der Waals surface area contributed by atoms with Crippen LogP contribution in [0.4, 0.5) is 10.8 Å². The number of aromatic nitrogens is 2. The summed E-state index contributed by atoms with van der Waals surface area (Å²) in [5, 5.41) is 10.5. The van der Waals surface area contributed by atoms with Crippen LogP contribution in [0.5, 0.6) is 0 Å². The summed E-state index contributed by atoms with van der Waals surface area (Å²) < 4.78 is 26.8. The van der Waals surface area contributed by atoms with Crippen molar-refractivity contribution < 1.29 is 13.2 Å². The molecule has 0 aliphatic heterocycles. The highest BCUT2D eigenvalue weighted by molar-refractivity contribution is 7.94. The first kappa shape index (κ1) is 17.6. The average molecular weight is 375 g/mol. The van der Waals surface area contributed by atoms with E-state index >= 15 is 0 Å². The third-order valence-electron chi connectivity index (χ3n) is 2.82. The second-order valence-corrected chi connectivity index (χ2v) is 8.35. The van der Waals surface area contributed by atoms with Gasteiger partial charge in [-0.2, -0.15) is 8.42 Å². The summed E-state index contributed by atoms with van der Waals surface area (Å²) >= 11 is 6.63. The molecule has 10 heteroatoms. The van der Waals surface area contributed by atoms with E-state index in [9.17, 15) is 13.2 Å². The van der Waals surface area contributed by atoms with Crippen LogP contribution in [-0.4, -0.2) is 24.5 Å². The molecule has 1 aromatic heterocycles. The Kier molecular flexibility index (Phi) is 5.23. The van der Waals surface area contributed by atoms with E-state index in [4.69, 9.17) is 11.6 Å². The number of aryl methyl sites for hydroxylation is 1. The summed E-state index contributed by atoms with van der Waals surface area (Å²) in [4.78, 5) is 11.6. The van der Waals surface area contributed by atoms with Crippen LogP contribution in [0.3, 0.4) is 0 Å². The maximum absolute atomic E-state index is 12.3. The Balaban J connectivity index is 2.20. The van der Waals surface area contributed by atoms with Crippen LogP contribution < -0.4 is 10.0 Å². The fourth-order valence-corrected chi connectivity index (χ4v) is 3.81. The maximum Gasteiger partial charge on any atom is 0.291 e. The van der Waals surface area contributed by atoms with Crippen molar-refractivity contribution in [1.82, 2.24) is 10.2 Å². The SMILES string of the molecule is Cc1cc(Cl)ccc1NS(=O)(=O)c1nnc(NC(=O)C(C)C)s1. The molecule has 2 rings (SSSR count).